The van der Waals surface area contributed by atoms with E-state index in [1.165, 1.54) is 25.7 Å². The Morgan fingerprint density at radius 2 is 1.56 bits per heavy atom. The number of hydrogen-bond acceptors (Lipinski definition) is 3. The number of unbranched alkanes of at least 4 members (excludes halogenated alkanes) is 6. The first-order valence-electron chi connectivity index (χ1n) is 6.64. The van der Waals surface area contributed by atoms with E-state index in [2.05, 4.69) is 6.92 Å². The van der Waals surface area contributed by atoms with E-state index in [-0.39, 0.29) is 0 Å². The van der Waals surface area contributed by atoms with Crippen molar-refractivity contribution < 1.29 is 24.5 Å². The highest BCUT2D eigenvalue weighted by molar-refractivity contribution is 5.73. The first kappa shape index (κ1) is 16.9. The lowest BCUT2D eigenvalue weighted by Crippen LogP contribution is -2.26. The number of carboxylic acid groups (broad SMARTS) is 2. The summed E-state index contributed by atoms with van der Waals surface area (Å²) in [6, 6.07) is 0. The predicted molar refractivity (Wildman–Crippen MR) is 67.6 cm³/mol. The number of hydrogen-bond donors (Lipinski definition) is 2. The molecule has 0 radical (unpaired) electrons. The summed E-state index contributed by atoms with van der Waals surface area (Å²) in [6.07, 6.45) is 7.12. The van der Waals surface area contributed by atoms with Gasteiger partial charge >= 0.3 is 11.9 Å². The van der Waals surface area contributed by atoms with Crippen LogP contribution in [0.4, 0.5) is 0 Å². The molecule has 0 aliphatic rings. The Hall–Kier alpha value is -1.10. The Labute approximate surface area is 108 Å². The standard InChI is InChI=1S/C13H24O5/c1-2-3-4-5-6-7-8-9-11(13(16)17)18-10-12(14)15/h11H,2-10H2,1H3,(H,14,15)(H,16,17). The Balaban J connectivity index is 3.58. The Bertz CT molecular complexity index is 240. The largest absolute Gasteiger partial charge is 0.480 e. The van der Waals surface area contributed by atoms with Gasteiger partial charge in [-0.25, -0.2) is 9.59 Å². The number of ether oxygens (including phenoxy) is 1. The lowest BCUT2D eigenvalue weighted by molar-refractivity contribution is -0.156. The van der Waals surface area contributed by atoms with Crippen LogP contribution in [0.15, 0.2) is 0 Å². The van der Waals surface area contributed by atoms with Gasteiger partial charge in [-0.2, -0.15) is 0 Å². The minimum absolute atomic E-state index is 0.385. The molecule has 0 aliphatic carbocycles. The number of aliphatic carboxylic acids is 2. The highest BCUT2D eigenvalue weighted by Crippen LogP contribution is 2.11. The molecule has 0 heterocycles. The second-order valence-electron chi connectivity index (χ2n) is 4.44. The van der Waals surface area contributed by atoms with E-state index >= 15 is 0 Å². The van der Waals surface area contributed by atoms with Gasteiger partial charge in [-0.1, -0.05) is 51.9 Å². The molecule has 1 unspecified atom stereocenters. The smallest absolute Gasteiger partial charge is 0.332 e. The van der Waals surface area contributed by atoms with Crippen LogP contribution < -0.4 is 0 Å². The summed E-state index contributed by atoms with van der Waals surface area (Å²) in [6.45, 7) is 1.62. The van der Waals surface area contributed by atoms with Crippen LogP contribution in [-0.4, -0.2) is 34.9 Å². The molecule has 0 aromatic rings. The van der Waals surface area contributed by atoms with Crippen molar-refractivity contribution >= 4 is 11.9 Å². The van der Waals surface area contributed by atoms with Crippen LogP contribution in [0.5, 0.6) is 0 Å². The summed E-state index contributed by atoms with van der Waals surface area (Å²) in [7, 11) is 0. The maximum atomic E-state index is 10.8. The molecular weight excluding hydrogens is 236 g/mol. The van der Waals surface area contributed by atoms with Crippen LogP contribution in [0.2, 0.25) is 0 Å². The third kappa shape index (κ3) is 10.1. The highest BCUT2D eigenvalue weighted by atomic mass is 16.5. The first-order valence-corrected chi connectivity index (χ1v) is 6.64. The number of rotatable bonds is 12. The van der Waals surface area contributed by atoms with Gasteiger partial charge < -0.3 is 14.9 Å². The maximum absolute atomic E-state index is 10.8. The van der Waals surface area contributed by atoms with Crippen LogP contribution in [0.25, 0.3) is 0 Å². The van der Waals surface area contributed by atoms with Gasteiger partial charge in [0, 0.05) is 0 Å². The van der Waals surface area contributed by atoms with Crippen LogP contribution in [0, 0.1) is 0 Å². The van der Waals surface area contributed by atoms with Crippen LogP contribution in [-0.2, 0) is 14.3 Å². The van der Waals surface area contributed by atoms with Crippen molar-refractivity contribution in [1.82, 2.24) is 0 Å². The Morgan fingerprint density at radius 1 is 1.00 bits per heavy atom. The first-order chi connectivity index (χ1) is 8.57. The molecule has 2 N–H and O–H groups in total. The van der Waals surface area contributed by atoms with Crippen molar-refractivity contribution in [1.29, 1.82) is 0 Å². The molecule has 0 saturated heterocycles. The molecule has 106 valence electrons. The third-order valence-corrected chi connectivity index (χ3v) is 2.75. The lowest BCUT2D eigenvalue weighted by Gasteiger charge is -2.11. The van der Waals surface area contributed by atoms with Gasteiger partial charge in [0.1, 0.15) is 6.61 Å². The van der Waals surface area contributed by atoms with Gasteiger partial charge in [0.15, 0.2) is 6.10 Å². The molecule has 0 saturated carbocycles. The quantitative estimate of drug-likeness (QED) is 0.527. The maximum Gasteiger partial charge on any atom is 0.332 e. The molecule has 1 atom stereocenters. The summed E-state index contributed by atoms with van der Waals surface area (Å²) in [5, 5.41) is 17.3. The van der Waals surface area contributed by atoms with Crippen molar-refractivity contribution in [2.24, 2.45) is 0 Å². The summed E-state index contributed by atoms with van der Waals surface area (Å²) >= 11 is 0. The molecule has 18 heavy (non-hydrogen) atoms. The molecule has 0 bridgehead atoms. The van der Waals surface area contributed by atoms with Gasteiger partial charge in [0.2, 0.25) is 0 Å². The zero-order chi connectivity index (χ0) is 13.8. The van der Waals surface area contributed by atoms with Gasteiger partial charge in [0.25, 0.3) is 0 Å². The van der Waals surface area contributed by atoms with E-state index in [1.807, 2.05) is 0 Å². The SMILES string of the molecule is CCCCCCCCCC(OCC(=O)O)C(=O)O. The summed E-state index contributed by atoms with van der Waals surface area (Å²) in [5.41, 5.74) is 0. The predicted octanol–water partition coefficient (Wildman–Crippen LogP) is 2.68. The fourth-order valence-electron chi connectivity index (χ4n) is 1.74. The van der Waals surface area contributed by atoms with Crippen molar-refractivity contribution in [3.8, 4) is 0 Å². The molecule has 0 fully saturated rings. The van der Waals surface area contributed by atoms with E-state index in [0.717, 1.165) is 19.3 Å². The molecule has 0 rings (SSSR count). The van der Waals surface area contributed by atoms with Gasteiger partial charge in [-0.15, -0.1) is 0 Å². The van der Waals surface area contributed by atoms with E-state index in [4.69, 9.17) is 14.9 Å². The molecule has 0 spiro atoms. The fraction of sp³-hybridized carbons (Fsp3) is 0.846. The minimum atomic E-state index is -1.14. The fourth-order valence-corrected chi connectivity index (χ4v) is 1.74. The molecule has 0 aliphatic heterocycles. The van der Waals surface area contributed by atoms with Crippen molar-refractivity contribution in [2.75, 3.05) is 6.61 Å². The Morgan fingerprint density at radius 3 is 2.06 bits per heavy atom. The van der Waals surface area contributed by atoms with Crippen LogP contribution in [0.3, 0.4) is 0 Å². The molecule has 5 nitrogen and oxygen atoms in total. The van der Waals surface area contributed by atoms with E-state index in [9.17, 15) is 9.59 Å². The average Bonchev–Trinajstić information content (AvgIpc) is 2.31. The zero-order valence-corrected chi connectivity index (χ0v) is 11.1. The Kier molecular flexibility index (Phi) is 10.3. The molecular formula is C13H24O5. The van der Waals surface area contributed by atoms with Crippen molar-refractivity contribution in [3.63, 3.8) is 0 Å². The van der Waals surface area contributed by atoms with Gasteiger partial charge in [-0.3, -0.25) is 0 Å². The topological polar surface area (TPSA) is 83.8 Å². The van der Waals surface area contributed by atoms with Gasteiger partial charge in [0.05, 0.1) is 0 Å². The summed E-state index contributed by atoms with van der Waals surface area (Å²) in [4.78, 5) is 21.1. The zero-order valence-electron chi connectivity index (χ0n) is 11.1. The summed E-state index contributed by atoms with van der Waals surface area (Å²) < 4.78 is 4.81. The number of carbonyl (C=O) groups is 2. The average molecular weight is 260 g/mol. The number of carboxylic acids is 2. The second kappa shape index (κ2) is 11.0. The van der Waals surface area contributed by atoms with E-state index in [0.29, 0.717) is 6.42 Å². The lowest BCUT2D eigenvalue weighted by atomic mass is 10.1. The highest BCUT2D eigenvalue weighted by Gasteiger charge is 2.18. The molecule has 0 aromatic carbocycles. The van der Waals surface area contributed by atoms with E-state index < -0.39 is 24.6 Å². The van der Waals surface area contributed by atoms with Crippen molar-refractivity contribution in [2.45, 2.75) is 64.4 Å². The minimum Gasteiger partial charge on any atom is -0.480 e. The van der Waals surface area contributed by atoms with Gasteiger partial charge in [-0.05, 0) is 6.42 Å². The summed E-state index contributed by atoms with van der Waals surface area (Å²) in [5.74, 6) is -2.22. The third-order valence-electron chi connectivity index (χ3n) is 2.75. The molecule has 0 aromatic heterocycles. The molecule has 0 amide bonds. The van der Waals surface area contributed by atoms with Crippen molar-refractivity contribution in [3.05, 3.63) is 0 Å². The van der Waals surface area contributed by atoms with E-state index in [1.54, 1.807) is 0 Å². The monoisotopic (exact) mass is 260 g/mol. The molecule has 5 heteroatoms. The van der Waals surface area contributed by atoms with Crippen LogP contribution >= 0.6 is 0 Å². The normalized spacial score (nSPS) is 12.3. The van der Waals surface area contributed by atoms with Crippen LogP contribution in [0.1, 0.15) is 58.3 Å². The second-order valence-corrected chi connectivity index (χ2v) is 4.44.